The number of rotatable bonds is 6. The van der Waals surface area contributed by atoms with Crippen molar-refractivity contribution in [2.45, 2.75) is 32.2 Å². The standard InChI is InChI=1S/C11H19N3O4/c1-11(2,9(16)17)14-10(18)13-6-5-12-8(15)7-3-4-7/h7H,3-6H2,1-2H3,(H,12,15)(H,16,17)(H2,13,14,18). The van der Waals surface area contributed by atoms with Crippen LogP contribution in [0.1, 0.15) is 26.7 Å². The Labute approximate surface area is 105 Å². The van der Waals surface area contributed by atoms with Gasteiger partial charge in [-0.1, -0.05) is 0 Å². The summed E-state index contributed by atoms with van der Waals surface area (Å²) in [6, 6.07) is -0.567. The maximum absolute atomic E-state index is 11.4. The quantitative estimate of drug-likeness (QED) is 0.489. The molecule has 0 unspecified atom stereocenters. The van der Waals surface area contributed by atoms with E-state index in [2.05, 4.69) is 16.0 Å². The molecule has 0 aliphatic heterocycles. The van der Waals surface area contributed by atoms with E-state index in [1.807, 2.05) is 0 Å². The molecular formula is C11H19N3O4. The van der Waals surface area contributed by atoms with Crippen LogP contribution in [0.5, 0.6) is 0 Å². The molecule has 1 saturated carbocycles. The fourth-order valence-corrected chi connectivity index (χ4v) is 1.23. The lowest BCUT2D eigenvalue weighted by Crippen LogP contribution is -2.53. The first-order valence-corrected chi connectivity index (χ1v) is 5.90. The second-order valence-corrected chi connectivity index (χ2v) is 4.88. The highest BCUT2D eigenvalue weighted by molar-refractivity contribution is 5.85. The second kappa shape index (κ2) is 5.70. The molecule has 0 aromatic carbocycles. The van der Waals surface area contributed by atoms with E-state index in [1.165, 1.54) is 13.8 Å². The fourth-order valence-electron chi connectivity index (χ4n) is 1.23. The molecule has 0 atom stereocenters. The van der Waals surface area contributed by atoms with Crippen LogP contribution in [0.15, 0.2) is 0 Å². The van der Waals surface area contributed by atoms with Gasteiger partial charge in [0.1, 0.15) is 5.54 Å². The van der Waals surface area contributed by atoms with Crippen molar-refractivity contribution in [3.8, 4) is 0 Å². The van der Waals surface area contributed by atoms with E-state index in [1.54, 1.807) is 0 Å². The van der Waals surface area contributed by atoms with Crippen molar-refractivity contribution in [3.63, 3.8) is 0 Å². The van der Waals surface area contributed by atoms with Crippen LogP contribution in [0.2, 0.25) is 0 Å². The van der Waals surface area contributed by atoms with Gasteiger partial charge in [0.05, 0.1) is 0 Å². The van der Waals surface area contributed by atoms with Crippen molar-refractivity contribution in [1.29, 1.82) is 0 Å². The fraction of sp³-hybridized carbons (Fsp3) is 0.727. The van der Waals surface area contributed by atoms with Crippen LogP contribution in [0.3, 0.4) is 0 Å². The Morgan fingerprint density at radius 3 is 2.22 bits per heavy atom. The highest BCUT2D eigenvalue weighted by Crippen LogP contribution is 2.28. The molecule has 0 aromatic heterocycles. The molecule has 0 saturated heterocycles. The van der Waals surface area contributed by atoms with E-state index in [9.17, 15) is 14.4 Å². The number of hydrogen-bond acceptors (Lipinski definition) is 3. The van der Waals surface area contributed by atoms with Crippen LogP contribution in [0, 0.1) is 5.92 Å². The molecular weight excluding hydrogens is 238 g/mol. The Morgan fingerprint density at radius 2 is 1.72 bits per heavy atom. The lowest BCUT2D eigenvalue weighted by Gasteiger charge is -2.21. The lowest BCUT2D eigenvalue weighted by atomic mass is 10.1. The summed E-state index contributed by atoms with van der Waals surface area (Å²) < 4.78 is 0. The topological polar surface area (TPSA) is 108 Å². The van der Waals surface area contributed by atoms with Gasteiger partial charge in [-0.25, -0.2) is 9.59 Å². The molecule has 0 heterocycles. The highest BCUT2D eigenvalue weighted by Gasteiger charge is 2.30. The van der Waals surface area contributed by atoms with Crippen LogP contribution < -0.4 is 16.0 Å². The minimum Gasteiger partial charge on any atom is -0.480 e. The summed E-state index contributed by atoms with van der Waals surface area (Å²) in [5.41, 5.74) is -1.32. The van der Waals surface area contributed by atoms with Gasteiger partial charge < -0.3 is 21.1 Å². The first-order chi connectivity index (χ1) is 8.33. The van der Waals surface area contributed by atoms with Gasteiger partial charge in [-0.2, -0.15) is 0 Å². The molecule has 1 aliphatic carbocycles. The average molecular weight is 257 g/mol. The zero-order valence-corrected chi connectivity index (χ0v) is 10.6. The molecule has 0 aromatic rings. The zero-order chi connectivity index (χ0) is 13.8. The van der Waals surface area contributed by atoms with Crippen molar-refractivity contribution < 1.29 is 19.5 Å². The summed E-state index contributed by atoms with van der Waals surface area (Å²) in [5, 5.41) is 16.3. The van der Waals surface area contributed by atoms with E-state index in [0.717, 1.165) is 12.8 Å². The van der Waals surface area contributed by atoms with E-state index in [0.29, 0.717) is 6.54 Å². The summed E-state index contributed by atoms with van der Waals surface area (Å²) >= 11 is 0. The Morgan fingerprint density at radius 1 is 1.17 bits per heavy atom. The normalized spacial score (nSPS) is 14.8. The van der Waals surface area contributed by atoms with E-state index < -0.39 is 17.5 Å². The molecule has 1 fully saturated rings. The first-order valence-electron chi connectivity index (χ1n) is 5.90. The lowest BCUT2D eigenvalue weighted by molar-refractivity contribution is -0.142. The van der Waals surface area contributed by atoms with Crippen molar-refractivity contribution >= 4 is 17.9 Å². The Balaban J connectivity index is 2.13. The largest absolute Gasteiger partial charge is 0.480 e. The molecule has 0 radical (unpaired) electrons. The van der Waals surface area contributed by atoms with E-state index in [4.69, 9.17) is 5.11 Å². The Hall–Kier alpha value is -1.79. The predicted octanol–water partition coefficient (Wildman–Crippen LogP) is -0.325. The predicted molar refractivity (Wildman–Crippen MR) is 64.0 cm³/mol. The average Bonchev–Trinajstić information content (AvgIpc) is 3.06. The number of carbonyl (C=O) groups excluding carboxylic acids is 2. The van der Waals surface area contributed by atoms with Gasteiger partial charge in [-0.15, -0.1) is 0 Å². The first kappa shape index (κ1) is 14.3. The molecule has 1 aliphatic rings. The van der Waals surface area contributed by atoms with Gasteiger partial charge in [0.2, 0.25) is 5.91 Å². The molecule has 7 nitrogen and oxygen atoms in total. The number of amides is 3. The van der Waals surface area contributed by atoms with Crippen molar-refractivity contribution in [3.05, 3.63) is 0 Å². The molecule has 1 rings (SSSR count). The van der Waals surface area contributed by atoms with Crippen molar-refractivity contribution in [2.24, 2.45) is 5.92 Å². The molecule has 18 heavy (non-hydrogen) atoms. The summed E-state index contributed by atoms with van der Waals surface area (Å²) in [5.74, 6) is -0.951. The van der Waals surface area contributed by atoms with Crippen molar-refractivity contribution in [2.75, 3.05) is 13.1 Å². The van der Waals surface area contributed by atoms with Crippen LogP contribution >= 0.6 is 0 Å². The molecule has 4 N–H and O–H groups in total. The van der Waals surface area contributed by atoms with Gasteiger partial charge >= 0.3 is 12.0 Å². The van der Waals surface area contributed by atoms with E-state index in [-0.39, 0.29) is 18.4 Å². The summed E-state index contributed by atoms with van der Waals surface area (Å²) in [4.78, 5) is 33.4. The number of aliphatic carboxylic acids is 1. The number of carbonyl (C=O) groups is 3. The van der Waals surface area contributed by atoms with Gasteiger partial charge in [0.25, 0.3) is 0 Å². The number of urea groups is 1. The minimum absolute atomic E-state index is 0.0167. The molecule has 102 valence electrons. The summed E-state index contributed by atoms with van der Waals surface area (Å²) in [6.07, 6.45) is 1.87. The van der Waals surface area contributed by atoms with Gasteiger partial charge in [-0.05, 0) is 26.7 Å². The van der Waals surface area contributed by atoms with Crippen molar-refractivity contribution in [1.82, 2.24) is 16.0 Å². The Bertz CT molecular complexity index is 350. The molecule has 0 bridgehead atoms. The summed E-state index contributed by atoms with van der Waals surface area (Å²) in [7, 11) is 0. The van der Waals surface area contributed by atoms with Crippen LogP contribution in [-0.2, 0) is 9.59 Å². The van der Waals surface area contributed by atoms with Gasteiger partial charge in [-0.3, -0.25) is 4.79 Å². The molecule has 3 amide bonds. The minimum atomic E-state index is -1.32. The maximum Gasteiger partial charge on any atom is 0.328 e. The van der Waals surface area contributed by atoms with Crippen LogP contribution in [0.4, 0.5) is 4.79 Å². The Kier molecular flexibility index (Phi) is 4.52. The third-order valence-corrected chi connectivity index (χ3v) is 2.62. The number of nitrogens with one attached hydrogen (secondary N) is 3. The van der Waals surface area contributed by atoms with E-state index >= 15 is 0 Å². The molecule has 7 heteroatoms. The maximum atomic E-state index is 11.4. The molecule has 0 spiro atoms. The number of carboxylic acid groups (broad SMARTS) is 1. The smallest absolute Gasteiger partial charge is 0.328 e. The summed E-state index contributed by atoms with van der Waals surface area (Å²) in [6.45, 7) is 3.39. The number of hydrogen-bond donors (Lipinski definition) is 4. The second-order valence-electron chi connectivity index (χ2n) is 4.88. The van der Waals surface area contributed by atoms with Crippen LogP contribution in [-0.4, -0.2) is 41.6 Å². The number of carboxylic acids is 1. The van der Waals surface area contributed by atoms with Gasteiger partial charge in [0, 0.05) is 19.0 Å². The third-order valence-electron chi connectivity index (χ3n) is 2.62. The highest BCUT2D eigenvalue weighted by atomic mass is 16.4. The van der Waals surface area contributed by atoms with Gasteiger partial charge in [0.15, 0.2) is 0 Å². The zero-order valence-electron chi connectivity index (χ0n) is 10.6. The monoisotopic (exact) mass is 257 g/mol. The van der Waals surface area contributed by atoms with Crippen LogP contribution in [0.25, 0.3) is 0 Å². The third kappa shape index (κ3) is 4.60. The SMILES string of the molecule is CC(C)(NC(=O)NCCNC(=O)C1CC1)C(=O)O.